The third-order valence-corrected chi connectivity index (χ3v) is 12.9. The molecule has 0 aromatic heterocycles. The predicted molar refractivity (Wildman–Crippen MR) is 126 cm³/mol. The summed E-state index contributed by atoms with van der Waals surface area (Å²) in [5, 5.41) is 11.7. The fourth-order valence-electron chi connectivity index (χ4n) is 10.0. The molecule has 2 saturated heterocycles. The topological polar surface area (TPSA) is 55.8 Å². The Bertz CT molecular complexity index is 807. The molecule has 4 aliphatic carbocycles. The van der Waals surface area contributed by atoms with Crippen LogP contribution in [0.15, 0.2) is 0 Å². The summed E-state index contributed by atoms with van der Waals surface area (Å²) in [7, 11) is 0. The summed E-state index contributed by atoms with van der Waals surface area (Å²) in [4.78, 5) is 13.4. The number of ether oxygens (including phenoxy) is 2. The zero-order chi connectivity index (χ0) is 22.7. The average molecular weight is 510 g/mol. The standard InChI is InChI=1S/C27H41BrO4/c1-15-7-12-27(31-14-15)16(2)21-19(32-27)13-18-20-17(8-11-24(18,21)3)25(4)9-5-6-10-26(25,30)23(29)22(20)28/h15-22,30H,5-14H2,1-4H3/t15?,16-,17-,18-,19-,20+,21-,22-,24-,25+,26-,27+/m0/s1. The Morgan fingerprint density at radius 3 is 2.50 bits per heavy atom. The lowest BCUT2D eigenvalue weighted by Gasteiger charge is -2.64. The largest absolute Gasteiger partial charge is 0.381 e. The van der Waals surface area contributed by atoms with E-state index in [1.807, 2.05) is 0 Å². The minimum atomic E-state index is -1.15. The Kier molecular flexibility index (Phi) is 4.95. The summed E-state index contributed by atoms with van der Waals surface area (Å²) in [6.45, 7) is 10.2. The zero-order valence-electron chi connectivity index (χ0n) is 20.2. The highest BCUT2D eigenvalue weighted by atomic mass is 79.9. The molecule has 1 spiro atoms. The van der Waals surface area contributed by atoms with Crippen molar-refractivity contribution in [2.45, 2.75) is 108 Å². The normalized spacial score (nSPS) is 61.8. The first-order chi connectivity index (χ1) is 15.1. The van der Waals surface area contributed by atoms with Gasteiger partial charge in [0.15, 0.2) is 11.6 Å². The van der Waals surface area contributed by atoms with Crippen molar-refractivity contribution < 1.29 is 19.4 Å². The first kappa shape index (κ1) is 22.5. The number of hydrogen-bond donors (Lipinski definition) is 1. The van der Waals surface area contributed by atoms with E-state index in [1.54, 1.807) is 0 Å². The van der Waals surface area contributed by atoms with E-state index in [4.69, 9.17) is 9.47 Å². The Labute approximate surface area is 201 Å². The molecule has 2 aliphatic heterocycles. The van der Waals surface area contributed by atoms with Crippen molar-refractivity contribution in [3.63, 3.8) is 0 Å². The Morgan fingerprint density at radius 1 is 1.03 bits per heavy atom. The number of hydrogen-bond acceptors (Lipinski definition) is 4. The van der Waals surface area contributed by atoms with Crippen molar-refractivity contribution in [3.8, 4) is 0 Å². The molecule has 1 N–H and O–H groups in total. The predicted octanol–water partition coefficient (Wildman–Crippen LogP) is 5.49. The maximum absolute atomic E-state index is 13.7. The van der Waals surface area contributed by atoms with Crippen LogP contribution in [0.4, 0.5) is 0 Å². The SMILES string of the molecule is CC1CC[C@@]2(OC1)O[C@H]1C[C@H]3[C@@H]4[C@H](Br)C(=O)[C@@]5(O)CCCC[C@]5(C)[C@H]4CC[C@]3(C)[C@H]1[C@@H]2C. The second-order valence-corrected chi connectivity index (χ2v) is 14.0. The summed E-state index contributed by atoms with van der Waals surface area (Å²) in [5.41, 5.74) is -1.26. The summed E-state index contributed by atoms with van der Waals surface area (Å²) in [5.74, 6) is 2.36. The van der Waals surface area contributed by atoms with Gasteiger partial charge in [-0.1, -0.05) is 56.5 Å². The van der Waals surface area contributed by atoms with E-state index in [2.05, 4.69) is 43.6 Å². The lowest BCUT2D eigenvalue weighted by molar-refractivity contribution is -0.273. The molecule has 4 nitrogen and oxygen atoms in total. The maximum Gasteiger partial charge on any atom is 0.178 e. The van der Waals surface area contributed by atoms with Crippen LogP contribution in [-0.2, 0) is 14.3 Å². The molecule has 180 valence electrons. The molecular weight excluding hydrogens is 468 g/mol. The minimum absolute atomic E-state index is 0.0669. The van der Waals surface area contributed by atoms with Crippen LogP contribution in [0.2, 0.25) is 0 Å². The quantitative estimate of drug-likeness (QED) is 0.439. The van der Waals surface area contributed by atoms with Gasteiger partial charge >= 0.3 is 0 Å². The number of carbonyl (C=O) groups excluding carboxylic acids is 1. The first-order valence-electron chi connectivity index (χ1n) is 13.3. The second kappa shape index (κ2) is 7.04. The van der Waals surface area contributed by atoms with Gasteiger partial charge in [0.25, 0.3) is 0 Å². The van der Waals surface area contributed by atoms with Gasteiger partial charge in [-0.05, 0) is 73.5 Å². The fourth-order valence-corrected chi connectivity index (χ4v) is 11.1. The average Bonchev–Trinajstić information content (AvgIpc) is 3.20. The number of rotatable bonds is 0. The van der Waals surface area contributed by atoms with E-state index < -0.39 is 11.4 Å². The van der Waals surface area contributed by atoms with Crippen molar-refractivity contribution >= 4 is 21.7 Å². The molecule has 12 atom stereocenters. The van der Waals surface area contributed by atoms with Crippen LogP contribution in [0, 0.1) is 46.3 Å². The molecule has 6 fully saturated rings. The van der Waals surface area contributed by atoms with Crippen molar-refractivity contribution in [1.82, 2.24) is 0 Å². The van der Waals surface area contributed by atoms with Gasteiger partial charge in [0.05, 0.1) is 17.5 Å². The van der Waals surface area contributed by atoms with Crippen molar-refractivity contribution in [3.05, 3.63) is 0 Å². The van der Waals surface area contributed by atoms with Crippen LogP contribution >= 0.6 is 15.9 Å². The lowest BCUT2D eigenvalue weighted by atomic mass is 9.42. The summed E-state index contributed by atoms with van der Waals surface area (Å²) in [6.07, 6.45) is 9.49. The monoisotopic (exact) mass is 508 g/mol. The molecule has 0 amide bonds. The number of aliphatic hydroxyl groups is 1. The van der Waals surface area contributed by atoms with E-state index in [0.717, 1.165) is 45.1 Å². The molecule has 4 saturated carbocycles. The minimum Gasteiger partial charge on any atom is -0.381 e. The van der Waals surface area contributed by atoms with Gasteiger partial charge < -0.3 is 14.6 Å². The van der Waals surface area contributed by atoms with E-state index in [9.17, 15) is 9.90 Å². The second-order valence-electron chi connectivity index (χ2n) is 13.1. The molecule has 2 heterocycles. The third-order valence-electron chi connectivity index (χ3n) is 11.8. The van der Waals surface area contributed by atoms with E-state index in [0.29, 0.717) is 41.9 Å². The summed E-state index contributed by atoms with van der Waals surface area (Å²) in [6, 6.07) is 0. The zero-order valence-corrected chi connectivity index (χ0v) is 21.8. The first-order valence-corrected chi connectivity index (χ1v) is 14.2. The molecule has 6 rings (SSSR count). The van der Waals surface area contributed by atoms with E-state index in [-0.39, 0.29) is 27.5 Å². The van der Waals surface area contributed by atoms with Crippen LogP contribution < -0.4 is 0 Å². The van der Waals surface area contributed by atoms with Gasteiger partial charge in [0.2, 0.25) is 0 Å². The molecule has 0 aromatic carbocycles. The van der Waals surface area contributed by atoms with Crippen molar-refractivity contribution in [2.75, 3.05) is 6.61 Å². The molecule has 0 radical (unpaired) electrons. The number of halogens is 1. The third kappa shape index (κ3) is 2.58. The van der Waals surface area contributed by atoms with Crippen LogP contribution in [0.3, 0.4) is 0 Å². The van der Waals surface area contributed by atoms with Gasteiger partial charge in [-0.15, -0.1) is 0 Å². The molecule has 0 bridgehead atoms. The van der Waals surface area contributed by atoms with Crippen molar-refractivity contribution in [1.29, 1.82) is 0 Å². The smallest absolute Gasteiger partial charge is 0.178 e. The van der Waals surface area contributed by atoms with Gasteiger partial charge in [0.1, 0.15) is 5.60 Å². The number of carbonyl (C=O) groups is 1. The summed E-state index contributed by atoms with van der Waals surface area (Å²) >= 11 is 3.87. The maximum atomic E-state index is 13.7. The summed E-state index contributed by atoms with van der Waals surface area (Å²) < 4.78 is 13.3. The molecule has 1 unspecified atom stereocenters. The Morgan fingerprint density at radius 2 is 1.78 bits per heavy atom. The number of Topliss-reactive ketones (excluding diaryl/α,β-unsaturated/α-hetero) is 1. The number of fused-ring (bicyclic) bond motifs is 7. The molecule has 6 aliphatic rings. The molecule has 0 aromatic rings. The van der Waals surface area contributed by atoms with Crippen LogP contribution in [0.5, 0.6) is 0 Å². The van der Waals surface area contributed by atoms with Gasteiger partial charge in [-0.2, -0.15) is 0 Å². The van der Waals surface area contributed by atoms with Gasteiger partial charge in [-0.25, -0.2) is 0 Å². The Balaban J connectivity index is 1.34. The Hall–Kier alpha value is 0.0300. The van der Waals surface area contributed by atoms with Gasteiger partial charge in [-0.3, -0.25) is 4.79 Å². The van der Waals surface area contributed by atoms with Crippen LogP contribution in [0.25, 0.3) is 0 Å². The van der Waals surface area contributed by atoms with Gasteiger partial charge in [0, 0.05) is 17.8 Å². The number of ketones is 1. The lowest BCUT2D eigenvalue weighted by Crippen LogP contribution is -2.69. The van der Waals surface area contributed by atoms with Crippen LogP contribution in [-0.4, -0.2) is 39.8 Å². The fraction of sp³-hybridized carbons (Fsp3) is 0.963. The number of alkyl halides is 1. The van der Waals surface area contributed by atoms with E-state index >= 15 is 0 Å². The molecule has 32 heavy (non-hydrogen) atoms. The highest BCUT2D eigenvalue weighted by Gasteiger charge is 2.73. The highest BCUT2D eigenvalue weighted by Crippen LogP contribution is 2.72. The highest BCUT2D eigenvalue weighted by molar-refractivity contribution is 9.10. The molecular formula is C27H41BrO4. The van der Waals surface area contributed by atoms with Crippen molar-refractivity contribution in [2.24, 2.45) is 46.3 Å². The molecule has 5 heteroatoms. The van der Waals surface area contributed by atoms with E-state index in [1.165, 1.54) is 12.8 Å². The van der Waals surface area contributed by atoms with Crippen LogP contribution in [0.1, 0.15) is 85.5 Å².